The third-order valence-corrected chi connectivity index (χ3v) is 13.5. The minimum atomic E-state index is 0.579. The quantitative estimate of drug-likeness (QED) is 0.168. The summed E-state index contributed by atoms with van der Waals surface area (Å²) in [5, 5.41) is 7.27. The Labute approximate surface area is 366 Å². The number of benzene rings is 9. The Kier molecular flexibility index (Phi) is 8.01. The molecule has 0 aliphatic heterocycles. The van der Waals surface area contributed by atoms with Crippen molar-refractivity contribution in [1.29, 1.82) is 0 Å². The topological polar surface area (TPSA) is 48.5 Å². The van der Waals surface area contributed by atoms with Crippen LogP contribution in [-0.4, -0.2) is 24.1 Å². The molecular weight excluding hydrogens is 787 g/mol. The highest BCUT2D eigenvalue weighted by Crippen LogP contribution is 2.45. The lowest BCUT2D eigenvalue weighted by molar-refractivity contribution is 0.954. The zero-order chi connectivity index (χ0) is 41.4. The number of nitrogens with zero attached hydrogens (tertiary/aromatic N) is 5. The highest BCUT2D eigenvalue weighted by molar-refractivity contribution is 7.26. The molecule has 0 saturated heterocycles. The van der Waals surface area contributed by atoms with E-state index in [0.717, 1.165) is 44.2 Å². The molecule has 13 rings (SSSR count). The van der Waals surface area contributed by atoms with Crippen molar-refractivity contribution >= 4 is 75.1 Å². The second kappa shape index (κ2) is 14.2. The lowest BCUT2D eigenvalue weighted by Gasteiger charge is -2.13. The van der Waals surface area contributed by atoms with Gasteiger partial charge in [-0.3, -0.25) is 4.57 Å². The molecule has 0 spiro atoms. The van der Waals surface area contributed by atoms with Crippen molar-refractivity contribution in [2.24, 2.45) is 0 Å². The summed E-state index contributed by atoms with van der Waals surface area (Å²) >= 11 is 1.85. The molecule has 4 heterocycles. The molecule has 6 heteroatoms. The van der Waals surface area contributed by atoms with E-state index in [2.05, 4.69) is 185 Å². The summed E-state index contributed by atoms with van der Waals surface area (Å²) in [5.41, 5.74) is 12.2. The summed E-state index contributed by atoms with van der Waals surface area (Å²) < 4.78 is 7.13. The molecule has 0 unspecified atom stereocenters. The van der Waals surface area contributed by atoms with Gasteiger partial charge in [0.2, 0.25) is 5.95 Å². The van der Waals surface area contributed by atoms with Crippen molar-refractivity contribution < 1.29 is 0 Å². The predicted octanol–water partition coefficient (Wildman–Crippen LogP) is 15.1. The zero-order valence-corrected chi connectivity index (χ0v) is 34.7. The summed E-state index contributed by atoms with van der Waals surface area (Å²) in [5.74, 6) is 1.84. The van der Waals surface area contributed by atoms with Crippen LogP contribution in [0, 0.1) is 0 Å². The van der Waals surface area contributed by atoms with Crippen molar-refractivity contribution in [3.05, 3.63) is 212 Å². The number of aromatic nitrogens is 5. The first-order chi connectivity index (χ1) is 31.2. The van der Waals surface area contributed by atoms with Crippen LogP contribution in [0.4, 0.5) is 0 Å². The van der Waals surface area contributed by atoms with Gasteiger partial charge < -0.3 is 4.57 Å². The third-order valence-electron chi connectivity index (χ3n) is 12.4. The Morgan fingerprint density at radius 3 is 1.59 bits per heavy atom. The standard InChI is InChI=1S/C57H35N5S/c1-4-16-36(17-5-1)55-58-56(37-18-6-2-7-19-37)60-57(59-55)62-49-28-13-10-22-41(49)44-25-14-26-45(54(44)62)43-24-15-29-52-53(43)47-35-39(31-33-51(47)63-52)38-30-32-50-46(34-38)42-23-11-12-27-48(42)61(50)40-20-8-3-9-21-40/h1-35H. The van der Waals surface area contributed by atoms with Crippen LogP contribution in [0.1, 0.15) is 0 Å². The van der Waals surface area contributed by atoms with E-state index in [9.17, 15) is 0 Å². The lowest BCUT2D eigenvalue weighted by atomic mass is 9.95. The molecule has 9 aromatic carbocycles. The summed E-state index contributed by atoms with van der Waals surface area (Å²) in [4.78, 5) is 15.5. The smallest absolute Gasteiger partial charge is 0.238 e. The van der Waals surface area contributed by atoms with Crippen LogP contribution in [-0.2, 0) is 0 Å². The first-order valence-corrected chi connectivity index (χ1v) is 22.0. The Hall–Kier alpha value is -8.19. The molecule has 0 bridgehead atoms. The number of para-hydroxylation sites is 4. The lowest BCUT2D eigenvalue weighted by Crippen LogP contribution is -2.07. The average molecular weight is 822 g/mol. The van der Waals surface area contributed by atoms with Crippen LogP contribution < -0.4 is 0 Å². The monoisotopic (exact) mass is 821 g/mol. The van der Waals surface area contributed by atoms with Gasteiger partial charge >= 0.3 is 0 Å². The van der Waals surface area contributed by atoms with Gasteiger partial charge in [0, 0.05) is 64.1 Å². The fraction of sp³-hybridized carbons (Fsp3) is 0. The molecule has 0 aliphatic carbocycles. The van der Waals surface area contributed by atoms with Gasteiger partial charge in [-0.2, -0.15) is 9.97 Å². The molecule has 0 N–H and O–H groups in total. The first-order valence-electron chi connectivity index (χ1n) is 21.2. The van der Waals surface area contributed by atoms with Gasteiger partial charge in [-0.1, -0.05) is 158 Å². The third kappa shape index (κ3) is 5.66. The molecule has 0 aliphatic rings. The van der Waals surface area contributed by atoms with Crippen molar-refractivity contribution in [1.82, 2.24) is 24.1 Å². The number of fused-ring (bicyclic) bond motifs is 9. The predicted molar refractivity (Wildman–Crippen MR) is 263 cm³/mol. The molecule has 0 atom stereocenters. The van der Waals surface area contributed by atoms with Crippen molar-refractivity contribution in [3.8, 4) is 56.7 Å². The molecule has 5 nitrogen and oxygen atoms in total. The van der Waals surface area contributed by atoms with E-state index in [0.29, 0.717) is 17.6 Å². The maximum absolute atomic E-state index is 5.25. The normalized spacial score (nSPS) is 11.8. The Balaban J connectivity index is 1.04. The Morgan fingerprint density at radius 2 is 0.873 bits per heavy atom. The van der Waals surface area contributed by atoms with Crippen LogP contribution in [0.5, 0.6) is 0 Å². The summed E-state index contributed by atoms with van der Waals surface area (Å²) in [6.07, 6.45) is 0. The second-order valence-electron chi connectivity index (χ2n) is 16.0. The number of hydrogen-bond donors (Lipinski definition) is 0. The fourth-order valence-corrected chi connectivity index (χ4v) is 10.7. The number of thiophene rings is 1. The van der Waals surface area contributed by atoms with Crippen LogP contribution in [0.3, 0.4) is 0 Å². The molecule has 0 radical (unpaired) electrons. The summed E-state index contributed by atoms with van der Waals surface area (Å²) in [6.45, 7) is 0. The van der Waals surface area contributed by atoms with Gasteiger partial charge in [-0.05, 0) is 71.3 Å². The fourth-order valence-electron chi connectivity index (χ4n) is 9.58. The molecule has 0 saturated carbocycles. The maximum atomic E-state index is 5.25. The highest BCUT2D eigenvalue weighted by Gasteiger charge is 2.22. The van der Waals surface area contributed by atoms with Crippen LogP contribution in [0.2, 0.25) is 0 Å². The molecule has 4 aromatic heterocycles. The van der Waals surface area contributed by atoms with Gasteiger partial charge in [0.25, 0.3) is 0 Å². The SMILES string of the molecule is c1ccc(-c2nc(-c3ccccc3)nc(-n3c4ccccc4c4cccc(-c5cccc6sc7ccc(-c8ccc9c(c8)c8ccccc8n9-c8ccccc8)cc7c56)c43)n2)cc1. The van der Waals surface area contributed by atoms with Crippen LogP contribution >= 0.6 is 11.3 Å². The van der Waals surface area contributed by atoms with Gasteiger partial charge in [0.05, 0.1) is 22.1 Å². The minimum absolute atomic E-state index is 0.579. The van der Waals surface area contributed by atoms with E-state index in [1.807, 2.05) is 47.7 Å². The Bertz CT molecular complexity index is 3850. The van der Waals surface area contributed by atoms with Crippen molar-refractivity contribution in [2.75, 3.05) is 0 Å². The summed E-state index contributed by atoms with van der Waals surface area (Å²) in [6, 6.07) is 75.7. The molecule has 63 heavy (non-hydrogen) atoms. The first kappa shape index (κ1) is 35.6. The van der Waals surface area contributed by atoms with Gasteiger partial charge in [0.1, 0.15) is 0 Å². The van der Waals surface area contributed by atoms with E-state index in [-0.39, 0.29) is 0 Å². The highest BCUT2D eigenvalue weighted by atomic mass is 32.1. The maximum Gasteiger partial charge on any atom is 0.238 e. The van der Waals surface area contributed by atoms with E-state index >= 15 is 0 Å². The molecule has 0 amide bonds. The molecular formula is C57H35N5S. The van der Waals surface area contributed by atoms with E-state index in [1.165, 1.54) is 58.7 Å². The number of rotatable bonds is 6. The van der Waals surface area contributed by atoms with Crippen LogP contribution in [0.25, 0.3) is 120 Å². The van der Waals surface area contributed by atoms with E-state index < -0.39 is 0 Å². The summed E-state index contributed by atoms with van der Waals surface area (Å²) in [7, 11) is 0. The van der Waals surface area contributed by atoms with Crippen molar-refractivity contribution in [3.63, 3.8) is 0 Å². The second-order valence-corrected chi connectivity index (χ2v) is 17.1. The molecule has 13 aromatic rings. The average Bonchev–Trinajstić information content (AvgIpc) is 4.02. The van der Waals surface area contributed by atoms with Gasteiger partial charge in [-0.25, -0.2) is 4.98 Å². The zero-order valence-electron chi connectivity index (χ0n) is 33.9. The van der Waals surface area contributed by atoms with Gasteiger partial charge in [-0.15, -0.1) is 11.3 Å². The largest absolute Gasteiger partial charge is 0.309 e. The van der Waals surface area contributed by atoms with Crippen LogP contribution in [0.15, 0.2) is 212 Å². The van der Waals surface area contributed by atoms with E-state index in [4.69, 9.17) is 15.0 Å². The van der Waals surface area contributed by atoms with Crippen molar-refractivity contribution in [2.45, 2.75) is 0 Å². The molecule has 0 fully saturated rings. The minimum Gasteiger partial charge on any atom is -0.309 e. The Morgan fingerprint density at radius 1 is 0.333 bits per heavy atom. The van der Waals surface area contributed by atoms with E-state index in [1.54, 1.807) is 0 Å². The number of hydrogen-bond acceptors (Lipinski definition) is 4. The van der Waals surface area contributed by atoms with Gasteiger partial charge in [0.15, 0.2) is 11.6 Å². The molecule has 294 valence electrons.